The van der Waals surface area contributed by atoms with Gasteiger partial charge >= 0.3 is 0 Å². The van der Waals surface area contributed by atoms with Gasteiger partial charge in [-0.25, -0.2) is 8.78 Å². The summed E-state index contributed by atoms with van der Waals surface area (Å²) in [6.07, 6.45) is 6.06. The minimum Gasteiger partial charge on any atom is -0.310 e. The van der Waals surface area contributed by atoms with E-state index >= 15 is 0 Å². The number of hydrogen-bond donors (Lipinski definition) is 1. The Morgan fingerprint density at radius 2 is 1.67 bits per heavy atom. The van der Waals surface area contributed by atoms with Crippen molar-refractivity contribution in [3.8, 4) is 0 Å². The quantitative estimate of drug-likeness (QED) is 0.857. The third-order valence-electron chi connectivity index (χ3n) is 4.17. The maximum Gasteiger partial charge on any atom is 0.126 e. The maximum atomic E-state index is 13.4. The highest BCUT2D eigenvalue weighted by Gasteiger charge is 2.15. The van der Waals surface area contributed by atoms with Crippen molar-refractivity contribution in [3.05, 3.63) is 35.4 Å². The Kier molecular flexibility index (Phi) is 6.58. The molecule has 0 saturated carbocycles. The number of likely N-dealkylation sites (tertiary alicyclic amines) is 1. The first-order valence-electron chi connectivity index (χ1n) is 8.10. The van der Waals surface area contributed by atoms with Gasteiger partial charge in [0.2, 0.25) is 0 Å². The van der Waals surface area contributed by atoms with E-state index in [4.69, 9.17) is 0 Å². The van der Waals surface area contributed by atoms with Crippen molar-refractivity contribution in [2.45, 2.75) is 45.1 Å². The predicted octanol–water partition coefficient (Wildman–Crippen LogP) is 3.88. The SMILES string of the molecule is CCNC(CCN1CCCCCC1)c1cc(F)cc(F)c1. The molecule has 1 aliphatic heterocycles. The molecule has 0 aliphatic carbocycles. The molecular weight excluding hydrogens is 270 g/mol. The molecule has 0 bridgehead atoms. The Hall–Kier alpha value is -1.00. The monoisotopic (exact) mass is 296 g/mol. The number of nitrogens with zero attached hydrogens (tertiary/aromatic N) is 1. The normalized spacial score (nSPS) is 18.4. The first-order valence-corrected chi connectivity index (χ1v) is 8.10. The fraction of sp³-hybridized carbons (Fsp3) is 0.647. The molecule has 2 rings (SSSR count). The van der Waals surface area contributed by atoms with Gasteiger partial charge in [-0.2, -0.15) is 0 Å². The molecule has 0 spiro atoms. The van der Waals surface area contributed by atoms with Gasteiger partial charge in [-0.05, 0) is 63.1 Å². The zero-order chi connectivity index (χ0) is 15.1. The molecule has 4 heteroatoms. The fourth-order valence-corrected chi connectivity index (χ4v) is 3.08. The van der Waals surface area contributed by atoms with Gasteiger partial charge in [0.05, 0.1) is 0 Å². The lowest BCUT2D eigenvalue weighted by Crippen LogP contribution is -2.30. The lowest BCUT2D eigenvalue weighted by atomic mass is 10.0. The van der Waals surface area contributed by atoms with Crippen molar-refractivity contribution in [2.75, 3.05) is 26.2 Å². The van der Waals surface area contributed by atoms with E-state index in [-0.39, 0.29) is 6.04 Å². The van der Waals surface area contributed by atoms with Crippen molar-refractivity contribution < 1.29 is 8.78 Å². The highest BCUT2D eigenvalue weighted by molar-refractivity contribution is 5.21. The molecule has 1 N–H and O–H groups in total. The van der Waals surface area contributed by atoms with Gasteiger partial charge in [0, 0.05) is 12.1 Å². The Morgan fingerprint density at radius 3 is 2.24 bits per heavy atom. The lowest BCUT2D eigenvalue weighted by Gasteiger charge is -2.24. The van der Waals surface area contributed by atoms with Crippen LogP contribution in [0.5, 0.6) is 0 Å². The smallest absolute Gasteiger partial charge is 0.126 e. The van der Waals surface area contributed by atoms with Crippen LogP contribution < -0.4 is 5.32 Å². The number of nitrogens with one attached hydrogen (secondary N) is 1. The van der Waals surface area contributed by atoms with Gasteiger partial charge in [-0.15, -0.1) is 0 Å². The first kappa shape index (κ1) is 16.4. The number of hydrogen-bond acceptors (Lipinski definition) is 2. The van der Waals surface area contributed by atoms with Gasteiger partial charge < -0.3 is 10.2 Å². The number of rotatable bonds is 6. The standard InChI is InChI=1S/C17H26F2N2/c1-2-20-17(14-11-15(18)13-16(19)12-14)7-10-21-8-5-3-4-6-9-21/h11-13,17,20H,2-10H2,1H3. The maximum absolute atomic E-state index is 13.4. The van der Waals surface area contributed by atoms with Crippen molar-refractivity contribution in [1.29, 1.82) is 0 Å². The van der Waals surface area contributed by atoms with E-state index in [1.54, 1.807) is 0 Å². The van der Waals surface area contributed by atoms with Crippen LogP contribution in [-0.2, 0) is 0 Å². The van der Waals surface area contributed by atoms with Crippen molar-refractivity contribution >= 4 is 0 Å². The van der Waals surface area contributed by atoms with Crippen LogP contribution in [0.1, 0.15) is 50.6 Å². The second-order valence-electron chi connectivity index (χ2n) is 5.86. The fourth-order valence-electron chi connectivity index (χ4n) is 3.08. The van der Waals surface area contributed by atoms with Crippen molar-refractivity contribution in [1.82, 2.24) is 10.2 Å². The van der Waals surface area contributed by atoms with E-state index in [1.807, 2.05) is 6.92 Å². The lowest BCUT2D eigenvalue weighted by molar-refractivity contribution is 0.266. The topological polar surface area (TPSA) is 15.3 Å². The molecule has 0 radical (unpaired) electrons. The second-order valence-corrected chi connectivity index (χ2v) is 5.86. The highest BCUT2D eigenvalue weighted by Crippen LogP contribution is 2.21. The van der Waals surface area contributed by atoms with Crippen molar-refractivity contribution in [3.63, 3.8) is 0 Å². The molecule has 1 fully saturated rings. The molecular formula is C17H26F2N2. The second kappa shape index (κ2) is 8.44. The van der Waals surface area contributed by atoms with Crippen LogP contribution in [0.4, 0.5) is 8.78 Å². The average Bonchev–Trinajstić information content (AvgIpc) is 2.71. The predicted molar refractivity (Wildman–Crippen MR) is 82.3 cm³/mol. The van der Waals surface area contributed by atoms with Gasteiger partial charge in [0.1, 0.15) is 11.6 Å². The summed E-state index contributed by atoms with van der Waals surface area (Å²) < 4.78 is 26.8. The number of halogens is 2. The molecule has 118 valence electrons. The minimum absolute atomic E-state index is 0.0171. The zero-order valence-corrected chi connectivity index (χ0v) is 12.9. The summed E-state index contributed by atoms with van der Waals surface area (Å²) in [4.78, 5) is 2.48. The van der Waals surface area contributed by atoms with Crippen LogP contribution in [0.15, 0.2) is 18.2 Å². The third kappa shape index (κ3) is 5.36. The summed E-state index contributed by atoms with van der Waals surface area (Å²) in [5.41, 5.74) is 0.712. The Bertz CT molecular complexity index is 409. The van der Waals surface area contributed by atoms with Crippen LogP contribution in [0.25, 0.3) is 0 Å². The molecule has 1 aromatic carbocycles. The van der Waals surface area contributed by atoms with E-state index in [0.717, 1.165) is 38.7 Å². The molecule has 0 aromatic heterocycles. The summed E-state index contributed by atoms with van der Waals surface area (Å²) in [6, 6.07) is 3.84. The van der Waals surface area contributed by atoms with Crippen molar-refractivity contribution in [2.24, 2.45) is 0 Å². The minimum atomic E-state index is -0.498. The Balaban J connectivity index is 1.97. The average molecular weight is 296 g/mol. The van der Waals surface area contributed by atoms with E-state index in [0.29, 0.717) is 5.56 Å². The molecule has 1 aromatic rings. The molecule has 1 aliphatic rings. The Morgan fingerprint density at radius 1 is 1.05 bits per heavy atom. The van der Waals surface area contributed by atoms with Gasteiger partial charge in [-0.1, -0.05) is 19.8 Å². The molecule has 1 unspecified atom stereocenters. The molecule has 21 heavy (non-hydrogen) atoms. The zero-order valence-electron chi connectivity index (χ0n) is 12.9. The van der Waals surface area contributed by atoms with Crippen LogP contribution >= 0.6 is 0 Å². The van der Waals surface area contributed by atoms with E-state index in [9.17, 15) is 8.78 Å². The van der Waals surface area contributed by atoms with Gasteiger partial charge in [-0.3, -0.25) is 0 Å². The summed E-state index contributed by atoms with van der Waals surface area (Å²) in [5.74, 6) is -0.995. The molecule has 0 amide bonds. The van der Waals surface area contributed by atoms with Crippen LogP contribution in [-0.4, -0.2) is 31.1 Å². The summed E-state index contributed by atoms with van der Waals surface area (Å²) >= 11 is 0. The molecule has 1 saturated heterocycles. The van der Waals surface area contributed by atoms with E-state index in [2.05, 4.69) is 10.2 Å². The van der Waals surface area contributed by atoms with Gasteiger partial charge in [0.15, 0.2) is 0 Å². The summed E-state index contributed by atoms with van der Waals surface area (Å²) in [6.45, 7) is 6.10. The molecule has 1 atom stereocenters. The number of benzene rings is 1. The van der Waals surface area contributed by atoms with Crippen LogP contribution in [0, 0.1) is 11.6 Å². The third-order valence-corrected chi connectivity index (χ3v) is 4.17. The largest absolute Gasteiger partial charge is 0.310 e. The van der Waals surface area contributed by atoms with Crippen LogP contribution in [0.3, 0.4) is 0 Å². The Labute approximate surface area is 126 Å². The molecule has 2 nitrogen and oxygen atoms in total. The molecule has 1 heterocycles. The summed E-state index contributed by atoms with van der Waals surface area (Å²) in [5, 5.41) is 3.35. The van der Waals surface area contributed by atoms with E-state index < -0.39 is 11.6 Å². The summed E-state index contributed by atoms with van der Waals surface area (Å²) in [7, 11) is 0. The first-order chi connectivity index (χ1) is 10.2. The van der Waals surface area contributed by atoms with E-state index in [1.165, 1.54) is 37.8 Å². The van der Waals surface area contributed by atoms with Crippen LogP contribution in [0.2, 0.25) is 0 Å². The van der Waals surface area contributed by atoms with Gasteiger partial charge in [0.25, 0.3) is 0 Å². The highest BCUT2D eigenvalue weighted by atomic mass is 19.1.